The van der Waals surface area contributed by atoms with Crippen LogP contribution >= 0.6 is 11.6 Å². The van der Waals surface area contributed by atoms with Gasteiger partial charge in [-0.2, -0.15) is 0 Å². The molecule has 0 radical (unpaired) electrons. The van der Waals surface area contributed by atoms with E-state index in [0.29, 0.717) is 23.9 Å². The molecular formula is C15H23ClN2O2. The zero-order valence-corrected chi connectivity index (χ0v) is 12.7. The van der Waals surface area contributed by atoms with Crippen LogP contribution in [0.4, 0.5) is 0 Å². The van der Waals surface area contributed by atoms with Crippen LogP contribution in [-0.4, -0.2) is 50.4 Å². The molecule has 1 unspecified atom stereocenters. The number of hydrogen-bond acceptors (Lipinski definition) is 4. The highest BCUT2D eigenvalue weighted by atomic mass is 35.5. The van der Waals surface area contributed by atoms with Gasteiger partial charge in [-0.05, 0) is 37.2 Å². The topological polar surface area (TPSA) is 47.7 Å². The molecule has 1 saturated heterocycles. The minimum Gasteiger partial charge on any atom is -0.489 e. The molecule has 0 spiro atoms. The van der Waals surface area contributed by atoms with Crippen LogP contribution in [0.15, 0.2) is 18.2 Å². The third-order valence-electron chi connectivity index (χ3n) is 3.52. The highest BCUT2D eigenvalue weighted by Gasteiger charge is 2.20. The molecule has 0 saturated carbocycles. The molecule has 1 fully saturated rings. The van der Waals surface area contributed by atoms with E-state index in [0.717, 1.165) is 38.2 Å². The van der Waals surface area contributed by atoms with Crippen molar-refractivity contribution in [2.75, 3.05) is 39.4 Å². The maximum atomic E-state index is 6.22. The second-order valence-electron chi connectivity index (χ2n) is 5.00. The number of morpholine rings is 1. The molecule has 1 aromatic rings. The van der Waals surface area contributed by atoms with Crippen LogP contribution in [-0.2, 0) is 11.2 Å². The van der Waals surface area contributed by atoms with E-state index in [1.807, 2.05) is 18.2 Å². The highest BCUT2D eigenvalue weighted by molar-refractivity contribution is 6.32. The molecule has 112 valence electrons. The van der Waals surface area contributed by atoms with E-state index in [9.17, 15) is 0 Å². The molecule has 20 heavy (non-hydrogen) atoms. The summed E-state index contributed by atoms with van der Waals surface area (Å²) in [5.74, 6) is 0.713. The standard InChI is InChI=1S/C15H23ClN2O2/c1-2-18-7-8-19-13(10-18)11-20-15-4-3-12(5-6-17)9-14(15)16/h3-4,9,13H,2,5-8,10-11,17H2,1H3. The molecule has 0 amide bonds. The molecule has 0 aromatic heterocycles. The minimum absolute atomic E-state index is 0.114. The summed E-state index contributed by atoms with van der Waals surface area (Å²) in [4.78, 5) is 2.36. The Balaban J connectivity index is 1.87. The minimum atomic E-state index is 0.114. The summed E-state index contributed by atoms with van der Waals surface area (Å²) >= 11 is 6.22. The number of ether oxygens (including phenoxy) is 2. The van der Waals surface area contributed by atoms with Crippen molar-refractivity contribution < 1.29 is 9.47 Å². The predicted octanol–water partition coefficient (Wildman–Crippen LogP) is 1.94. The summed E-state index contributed by atoms with van der Waals surface area (Å²) in [7, 11) is 0. The van der Waals surface area contributed by atoms with E-state index < -0.39 is 0 Å². The average Bonchev–Trinajstić information content (AvgIpc) is 2.47. The van der Waals surface area contributed by atoms with Crippen LogP contribution < -0.4 is 10.5 Å². The van der Waals surface area contributed by atoms with Crippen molar-refractivity contribution in [1.29, 1.82) is 0 Å². The lowest BCUT2D eigenvalue weighted by Crippen LogP contribution is -2.44. The first-order chi connectivity index (χ1) is 9.72. The molecule has 1 aliphatic heterocycles. The fourth-order valence-electron chi connectivity index (χ4n) is 2.33. The molecule has 0 aliphatic carbocycles. The van der Waals surface area contributed by atoms with E-state index in [1.165, 1.54) is 0 Å². The van der Waals surface area contributed by atoms with Crippen LogP contribution in [0.3, 0.4) is 0 Å². The lowest BCUT2D eigenvalue weighted by Gasteiger charge is -2.31. The third kappa shape index (κ3) is 4.35. The van der Waals surface area contributed by atoms with Gasteiger partial charge in [0.2, 0.25) is 0 Å². The maximum Gasteiger partial charge on any atom is 0.138 e. The normalized spacial score (nSPS) is 20.1. The molecule has 4 nitrogen and oxygen atoms in total. The molecule has 1 aromatic carbocycles. The molecule has 1 atom stereocenters. The molecule has 1 aliphatic rings. The fourth-order valence-corrected chi connectivity index (χ4v) is 2.59. The fraction of sp³-hybridized carbons (Fsp3) is 0.600. The van der Waals surface area contributed by atoms with Crippen LogP contribution in [0, 0.1) is 0 Å². The Morgan fingerprint density at radius 1 is 1.50 bits per heavy atom. The van der Waals surface area contributed by atoms with Crippen LogP contribution in [0.2, 0.25) is 5.02 Å². The first-order valence-electron chi connectivity index (χ1n) is 7.18. The van der Waals surface area contributed by atoms with Gasteiger partial charge in [-0.3, -0.25) is 4.90 Å². The Hall–Kier alpha value is -0.810. The van der Waals surface area contributed by atoms with E-state index in [2.05, 4.69) is 11.8 Å². The summed E-state index contributed by atoms with van der Waals surface area (Å²) in [6.07, 6.45) is 0.945. The Morgan fingerprint density at radius 2 is 2.35 bits per heavy atom. The van der Waals surface area contributed by atoms with E-state index in [-0.39, 0.29) is 6.10 Å². The Labute approximate surface area is 125 Å². The number of rotatable bonds is 6. The van der Waals surface area contributed by atoms with Gasteiger partial charge >= 0.3 is 0 Å². The van der Waals surface area contributed by atoms with Crippen molar-refractivity contribution in [3.63, 3.8) is 0 Å². The number of likely N-dealkylation sites (N-methyl/N-ethyl adjacent to an activating group) is 1. The van der Waals surface area contributed by atoms with Gasteiger partial charge in [-0.25, -0.2) is 0 Å². The van der Waals surface area contributed by atoms with Crippen molar-refractivity contribution in [3.05, 3.63) is 28.8 Å². The van der Waals surface area contributed by atoms with E-state index in [1.54, 1.807) is 0 Å². The molecule has 2 N–H and O–H groups in total. The monoisotopic (exact) mass is 298 g/mol. The molecule has 5 heteroatoms. The number of benzene rings is 1. The van der Waals surface area contributed by atoms with Crippen LogP contribution in [0.1, 0.15) is 12.5 Å². The van der Waals surface area contributed by atoms with E-state index in [4.69, 9.17) is 26.8 Å². The summed E-state index contributed by atoms with van der Waals surface area (Å²) in [6, 6.07) is 5.84. The van der Waals surface area contributed by atoms with E-state index >= 15 is 0 Å². The first-order valence-corrected chi connectivity index (χ1v) is 7.56. The van der Waals surface area contributed by atoms with Crippen molar-refractivity contribution in [3.8, 4) is 5.75 Å². The van der Waals surface area contributed by atoms with Gasteiger partial charge in [0.25, 0.3) is 0 Å². The Kier molecular flexibility index (Phi) is 6.10. The van der Waals surface area contributed by atoms with Crippen molar-refractivity contribution in [2.24, 2.45) is 5.73 Å². The van der Waals surface area contributed by atoms with Crippen molar-refractivity contribution >= 4 is 11.6 Å². The largest absolute Gasteiger partial charge is 0.489 e. The number of nitrogens with zero attached hydrogens (tertiary/aromatic N) is 1. The van der Waals surface area contributed by atoms with Crippen molar-refractivity contribution in [2.45, 2.75) is 19.4 Å². The van der Waals surface area contributed by atoms with Gasteiger partial charge in [-0.1, -0.05) is 24.6 Å². The van der Waals surface area contributed by atoms with Gasteiger partial charge in [-0.15, -0.1) is 0 Å². The highest BCUT2D eigenvalue weighted by Crippen LogP contribution is 2.26. The second-order valence-corrected chi connectivity index (χ2v) is 5.41. The molecule has 2 rings (SSSR count). The first kappa shape index (κ1) is 15.6. The Morgan fingerprint density at radius 3 is 3.05 bits per heavy atom. The third-order valence-corrected chi connectivity index (χ3v) is 3.82. The SMILES string of the molecule is CCN1CCOC(COc2ccc(CCN)cc2Cl)C1. The van der Waals surface area contributed by atoms with Gasteiger partial charge < -0.3 is 15.2 Å². The van der Waals surface area contributed by atoms with Crippen molar-refractivity contribution in [1.82, 2.24) is 4.90 Å². The summed E-state index contributed by atoms with van der Waals surface area (Å²) in [5.41, 5.74) is 6.67. The molecule has 0 bridgehead atoms. The van der Waals surface area contributed by atoms with Crippen LogP contribution in [0.5, 0.6) is 5.75 Å². The Bertz CT molecular complexity index is 428. The number of halogens is 1. The number of hydrogen-bond donors (Lipinski definition) is 1. The second kappa shape index (κ2) is 7.84. The van der Waals surface area contributed by atoms with Crippen LogP contribution in [0.25, 0.3) is 0 Å². The summed E-state index contributed by atoms with van der Waals surface area (Å²) < 4.78 is 11.5. The predicted molar refractivity (Wildman–Crippen MR) is 81.6 cm³/mol. The van der Waals surface area contributed by atoms with Gasteiger partial charge in [0.1, 0.15) is 18.5 Å². The lowest BCUT2D eigenvalue weighted by atomic mass is 10.1. The van der Waals surface area contributed by atoms with Gasteiger partial charge in [0.05, 0.1) is 11.6 Å². The number of nitrogens with two attached hydrogens (primary N) is 1. The smallest absolute Gasteiger partial charge is 0.138 e. The zero-order chi connectivity index (χ0) is 14.4. The average molecular weight is 299 g/mol. The quantitative estimate of drug-likeness (QED) is 0.872. The van der Waals surface area contributed by atoms with Gasteiger partial charge in [0, 0.05) is 13.1 Å². The lowest BCUT2D eigenvalue weighted by molar-refractivity contribution is -0.0463. The molecular weight excluding hydrogens is 276 g/mol. The van der Waals surface area contributed by atoms with Gasteiger partial charge in [0.15, 0.2) is 0 Å². The maximum absolute atomic E-state index is 6.22. The zero-order valence-electron chi connectivity index (χ0n) is 12.0. The molecule has 1 heterocycles. The summed E-state index contributed by atoms with van der Waals surface area (Å²) in [5, 5.41) is 0.638. The summed E-state index contributed by atoms with van der Waals surface area (Å²) in [6.45, 7) is 7.06.